The minimum Gasteiger partial charge on any atom is -0.324 e. The lowest BCUT2D eigenvalue weighted by atomic mass is 10.1. The summed E-state index contributed by atoms with van der Waals surface area (Å²) in [4.78, 5) is 23.5. The molecule has 0 radical (unpaired) electrons. The number of amides is 1. The van der Waals surface area contributed by atoms with Crippen molar-refractivity contribution in [2.45, 2.75) is 33.0 Å². The normalized spacial score (nSPS) is 12.8. The third-order valence-electron chi connectivity index (χ3n) is 3.65. The standard InChI is InChI=1S/C16H15ClF3N3O2/c1-8-13(17)14(16(18,19)20)22-23(8)9(2)15(25)21-12-6-4-11(5-7-12)10(3)24/h4-7,9H,1-3H3,(H,21,25). The molecule has 1 amide bonds. The highest BCUT2D eigenvalue weighted by Crippen LogP contribution is 2.36. The number of carbonyl (C=O) groups is 2. The van der Waals surface area contributed by atoms with Crippen molar-refractivity contribution in [1.82, 2.24) is 9.78 Å². The van der Waals surface area contributed by atoms with Crippen LogP contribution in [0.4, 0.5) is 18.9 Å². The number of carbonyl (C=O) groups excluding carboxylic acids is 2. The van der Waals surface area contributed by atoms with Gasteiger partial charge >= 0.3 is 6.18 Å². The average molecular weight is 374 g/mol. The smallest absolute Gasteiger partial charge is 0.324 e. The van der Waals surface area contributed by atoms with Crippen molar-refractivity contribution in [2.75, 3.05) is 5.32 Å². The van der Waals surface area contributed by atoms with Crippen LogP contribution in [-0.4, -0.2) is 21.5 Å². The van der Waals surface area contributed by atoms with Gasteiger partial charge in [0.25, 0.3) is 0 Å². The van der Waals surface area contributed by atoms with Crippen LogP contribution in [0.15, 0.2) is 24.3 Å². The number of aromatic nitrogens is 2. The lowest BCUT2D eigenvalue weighted by molar-refractivity contribution is -0.141. The molecule has 1 atom stereocenters. The van der Waals surface area contributed by atoms with Crippen LogP contribution in [0.25, 0.3) is 0 Å². The number of nitrogens with zero attached hydrogens (tertiary/aromatic N) is 2. The quantitative estimate of drug-likeness (QED) is 0.814. The van der Waals surface area contributed by atoms with Crippen LogP contribution in [0.5, 0.6) is 0 Å². The fourth-order valence-corrected chi connectivity index (χ4v) is 2.43. The summed E-state index contributed by atoms with van der Waals surface area (Å²) in [5.74, 6) is -0.681. The predicted octanol–water partition coefficient (Wildman–Crippen LogP) is 4.27. The summed E-state index contributed by atoms with van der Waals surface area (Å²) in [6, 6.07) is 5.14. The number of Topliss-reactive ketones (excluding diaryl/α,β-unsaturated/α-hetero) is 1. The van der Waals surface area contributed by atoms with Crippen molar-refractivity contribution in [2.24, 2.45) is 0 Å². The minimum absolute atomic E-state index is 0.0450. The topological polar surface area (TPSA) is 64.0 Å². The van der Waals surface area contributed by atoms with Crippen molar-refractivity contribution in [3.05, 3.63) is 46.2 Å². The van der Waals surface area contributed by atoms with E-state index in [1.54, 1.807) is 12.1 Å². The van der Waals surface area contributed by atoms with Gasteiger partial charge in [0.2, 0.25) is 5.91 Å². The molecule has 1 unspecified atom stereocenters. The molecular weight excluding hydrogens is 359 g/mol. The monoisotopic (exact) mass is 373 g/mol. The highest BCUT2D eigenvalue weighted by molar-refractivity contribution is 6.32. The summed E-state index contributed by atoms with van der Waals surface area (Å²) in [7, 11) is 0. The zero-order valence-electron chi connectivity index (χ0n) is 13.6. The molecule has 1 heterocycles. The molecule has 0 aliphatic rings. The lowest BCUT2D eigenvalue weighted by Crippen LogP contribution is -2.25. The Labute approximate surface area is 146 Å². The Hall–Kier alpha value is -2.35. The summed E-state index contributed by atoms with van der Waals surface area (Å²) in [6.45, 7) is 4.18. The molecule has 1 aromatic heterocycles. The first-order chi connectivity index (χ1) is 11.5. The number of ketones is 1. The van der Waals surface area contributed by atoms with Crippen LogP contribution in [0.3, 0.4) is 0 Å². The van der Waals surface area contributed by atoms with Gasteiger partial charge in [0.15, 0.2) is 11.5 Å². The first kappa shape index (κ1) is 19.0. The third-order valence-corrected chi connectivity index (χ3v) is 4.10. The van der Waals surface area contributed by atoms with E-state index in [0.717, 1.165) is 4.68 Å². The molecule has 0 saturated carbocycles. The van der Waals surface area contributed by atoms with Crippen LogP contribution in [0.1, 0.15) is 41.6 Å². The van der Waals surface area contributed by atoms with E-state index >= 15 is 0 Å². The number of nitrogens with one attached hydrogen (secondary N) is 1. The fraction of sp³-hybridized carbons (Fsp3) is 0.312. The van der Waals surface area contributed by atoms with Crippen molar-refractivity contribution in [3.63, 3.8) is 0 Å². The Morgan fingerprint density at radius 2 is 1.80 bits per heavy atom. The number of rotatable bonds is 4. The van der Waals surface area contributed by atoms with E-state index in [9.17, 15) is 22.8 Å². The van der Waals surface area contributed by atoms with Gasteiger partial charge in [-0.2, -0.15) is 18.3 Å². The van der Waals surface area contributed by atoms with Gasteiger partial charge in [0.05, 0.1) is 10.7 Å². The molecule has 1 N–H and O–H groups in total. The second-order valence-electron chi connectivity index (χ2n) is 5.49. The lowest BCUT2D eigenvalue weighted by Gasteiger charge is -2.14. The molecule has 0 aliphatic heterocycles. The molecule has 0 saturated heterocycles. The first-order valence-electron chi connectivity index (χ1n) is 7.26. The number of benzene rings is 1. The van der Waals surface area contributed by atoms with Crippen molar-refractivity contribution >= 4 is 29.0 Å². The van der Waals surface area contributed by atoms with Crippen molar-refractivity contribution in [3.8, 4) is 0 Å². The second-order valence-corrected chi connectivity index (χ2v) is 5.87. The van der Waals surface area contributed by atoms with E-state index in [0.29, 0.717) is 11.3 Å². The van der Waals surface area contributed by atoms with Gasteiger partial charge in [-0.1, -0.05) is 11.6 Å². The summed E-state index contributed by atoms with van der Waals surface area (Å²) in [6.07, 6.45) is -4.70. The highest BCUT2D eigenvalue weighted by atomic mass is 35.5. The summed E-state index contributed by atoms with van der Waals surface area (Å²) < 4.78 is 39.5. The molecule has 2 rings (SSSR count). The largest absolute Gasteiger partial charge is 0.436 e. The zero-order chi connectivity index (χ0) is 18.9. The maximum Gasteiger partial charge on any atom is 0.436 e. The number of halogens is 4. The molecule has 0 aliphatic carbocycles. The highest BCUT2D eigenvalue weighted by Gasteiger charge is 2.39. The molecule has 2 aromatic rings. The molecule has 9 heteroatoms. The van der Waals surface area contributed by atoms with Crippen LogP contribution < -0.4 is 5.32 Å². The van der Waals surface area contributed by atoms with Crippen LogP contribution >= 0.6 is 11.6 Å². The zero-order valence-corrected chi connectivity index (χ0v) is 14.4. The van der Waals surface area contributed by atoms with Crippen molar-refractivity contribution < 1.29 is 22.8 Å². The van der Waals surface area contributed by atoms with Gasteiger partial charge in [0, 0.05) is 11.3 Å². The van der Waals surface area contributed by atoms with Crippen LogP contribution in [0.2, 0.25) is 5.02 Å². The van der Waals surface area contributed by atoms with Crippen molar-refractivity contribution in [1.29, 1.82) is 0 Å². The predicted molar refractivity (Wildman–Crippen MR) is 86.8 cm³/mol. The first-order valence-corrected chi connectivity index (χ1v) is 7.63. The maximum absolute atomic E-state index is 12.9. The molecule has 134 valence electrons. The Morgan fingerprint density at radius 3 is 2.24 bits per heavy atom. The Balaban J connectivity index is 2.21. The van der Waals surface area contributed by atoms with Gasteiger partial charge in [0.1, 0.15) is 6.04 Å². The Kier molecular flexibility index (Phi) is 5.22. The van der Waals surface area contributed by atoms with Gasteiger partial charge < -0.3 is 5.32 Å². The Bertz CT molecular complexity index is 813. The molecule has 1 aromatic carbocycles. The van der Waals surface area contributed by atoms with Crippen LogP contribution in [0, 0.1) is 6.92 Å². The molecule has 25 heavy (non-hydrogen) atoms. The summed E-state index contributed by atoms with van der Waals surface area (Å²) in [5.41, 5.74) is -0.287. The average Bonchev–Trinajstić information content (AvgIpc) is 2.83. The number of anilines is 1. The fourth-order valence-electron chi connectivity index (χ4n) is 2.20. The Morgan fingerprint density at radius 1 is 1.24 bits per heavy atom. The van der Waals surface area contributed by atoms with Gasteiger partial charge in [-0.25, -0.2) is 0 Å². The SMILES string of the molecule is CC(=O)c1ccc(NC(=O)C(C)n2nc(C(F)(F)F)c(Cl)c2C)cc1. The van der Waals surface area contributed by atoms with E-state index in [2.05, 4.69) is 10.4 Å². The number of hydrogen-bond acceptors (Lipinski definition) is 3. The molecule has 0 fully saturated rings. The van der Waals surface area contributed by atoms with E-state index in [1.165, 1.54) is 32.9 Å². The molecular formula is C16H15ClF3N3O2. The maximum atomic E-state index is 12.9. The molecule has 0 bridgehead atoms. The van der Waals surface area contributed by atoms with E-state index in [4.69, 9.17) is 11.6 Å². The second kappa shape index (κ2) is 6.87. The molecule has 5 nitrogen and oxygen atoms in total. The van der Waals surface area contributed by atoms with E-state index in [-0.39, 0.29) is 11.5 Å². The van der Waals surface area contributed by atoms with Gasteiger partial charge in [-0.05, 0) is 45.0 Å². The third kappa shape index (κ3) is 4.01. The summed E-state index contributed by atoms with van der Waals surface area (Å²) >= 11 is 5.69. The minimum atomic E-state index is -4.70. The van der Waals surface area contributed by atoms with E-state index < -0.39 is 28.8 Å². The molecule has 0 spiro atoms. The number of hydrogen-bond donors (Lipinski definition) is 1. The number of alkyl halides is 3. The summed E-state index contributed by atoms with van der Waals surface area (Å²) in [5, 5.41) is 5.47. The van der Waals surface area contributed by atoms with Gasteiger partial charge in [-0.15, -0.1) is 0 Å². The van der Waals surface area contributed by atoms with Crippen LogP contribution in [-0.2, 0) is 11.0 Å². The van der Waals surface area contributed by atoms with E-state index in [1.807, 2.05) is 0 Å². The van der Waals surface area contributed by atoms with Gasteiger partial charge in [-0.3, -0.25) is 14.3 Å².